The number of nitrogens with two attached hydrogens (primary N) is 1. The van der Waals surface area contributed by atoms with Crippen LogP contribution in [-0.2, 0) is 10.0 Å². The highest BCUT2D eigenvalue weighted by molar-refractivity contribution is 7.89. The second-order valence-corrected chi connectivity index (χ2v) is 6.54. The van der Waals surface area contributed by atoms with E-state index in [1.165, 1.54) is 0 Å². The Hall–Kier alpha value is -0.170. The van der Waals surface area contributed by atoms with Crippen LogP contribution in [0.2, 0.25) is 0 Å². The summed E-state index contributed by atoms with van der Waals surface area (Å²) in [6, 6.07) is 0.0894. The van der Waals surface area contributed by atoms with Crippen LogP contribution in [0.25, 0.3) is 0 Å². The maximum atomic E-state index is 11.8. The Morgan fingerprint density at radius 1 is 1.41 bits per heavy atom. The van der Waals surface area contributed by atoms with Crippen LogP contribution in [0.4, 0.5) is 0 Å². The summed E-state index contributed by atoms with van der Waals surface area (Å²) in [5.41, 5.74) is 5.36. The molecule has 0 aliphatic carbocycles. The van der Waals surface area contributed by atoms with Crippen LogP contribution < -0.4 is 10.5 Å². The van der Waals surface area contributed by atoms with Crippen molar-refractivity contribution in [3.63, 3.8) is 0 Å². The molecule has 0 aromatic rings. The van der Waals surface area contributed by atoms with E-state index in [1.54, 1.807) is 0 Å². The second-order valence-electron chi connectivity index (χ2n) is 4.66. The van der Waals surface area contributed by atoms with E-state index in [-0.39, 0.29) is 11.8 Å². The van der Waals surface area contributed by atoms with Crippen molar-refractivity contribution < 1.29 is 8.42 Å². The lowest BCUT2D eigenvalue weighted by atomic mass is 10.1. The van der Waals surface area contributed by atoms with Crippen molar-refractivity contribution in [1.29, 1.82) is 0 Å². The van der Waals surface area contributed by atoms with Gasteiger partial charge in [-0.25, -0.2) is 13.1 Å². The maximum absolute atomic E-state index is 11.8. The van der Waals surface area contributed by atoms with E-state index >= 15 is 0 Å². The molecule has 6 heteroatoms. The first-order valence-corrected chi connectivity index (χ1v) is 8.15. The smallest absolute Gasteiger partial charge is 0.211 e. The summed E-state index contributed by atoms with van der Waals surface area (Å²) < 4.78 is 26.4. The second kappa shape index (κ2) is 7.31. The SMILES string of the molecule is CCN1CCCC(NS(=O)(=O)CCCCN)C1. The minimum atomic E-state index is -3.12. The lowest BCUT2D eigenvalue weighted by Gasteiger charge is -2.32. The molecule has 0 aromatic heterocycles. The van der Waals surface area contributed by atoms with Gasteiger partial charge in [-0.05, 0) is 45.3 Å². The Morgan fingerprint density at radius 3 is 2.82 bits per heavy atom. The highest BCUT2D eigenvalue weighted by Gasteiger charge is 2.22. The molecule has 1 aliphatic heterocycles. The quantitative estimate of drug-likeness (QED) is 0.640. The first-order valence-electron chi connectivity index (χ1n) is 6.50. The van der Waals surface area contributed by atoms with Crippen molar-refractivity contribution >= 4 is 10.0 Å². The highest BCUT2D eigenvalue weighted by atomic mass is 32.2. The van der Waals surface area contributed by atoms with Gasteiger partial charge in [0.15, 0.2) is 0 Å². The summed E-state index contributed by atoms with van der Waals surface area (Å²) in [4.78, 5) is 2.29. The van der Waals surface area contributed by atoms with Crippen molar-refractivity contribution in [2.75, 3.05) is 31.9 Å². The molecule has 17 heavy (non-hydrogen) atoms. The van der Waals surface area contributed by atoms with Gasteiger partial charge in [-0.1, -0.05) is 6.92 Å². The van der Waals surface area contributed by atoms with E-state index in [1.807, 2.05) is 0 Å². The molecular formula is C11H25N3O2S. The van der Waals surface area contributed by atoms with Crippen molar-refractivity contribution in [3.05, 3.63) is 0 Å². The summed E-state index contributed by atoms with van der Waals surface area (Å²) in [5.74, 6) is 0.201. The Kier molecular flexibility index (Phi) is 6.40. The zero-order chi connectivity index (χ0) is 12.7. The van der Waals surface area contributed by atoms with E-state index in [0.29, 0.717) is 13.0 Å². The molecule has 1 unspecified atom stereocenters. The van der Waals surface area contributed by atoms with E-state index < -0.39 is 10.0 Å². The third-order valence-corrected chi connectivity index (χ3v) is 4.68. The molecule has 0 spiro atoms. The Bertz CT molecular complexity index is 306. The summed E-state index contributed by atoms with van der Waals surface area (Å²) in [5, 5.41) is 0. The van der Waals surface area contributed by atoms with Crippen molar-refractivity contribution in [2.24, 2.45) is 5.73 Å². The molecule has 0 radical (unpaired) electrons. The summed E-state index contributed by atoms with van der Waals surface area (Å²) in [6.07, 6.45) is 3.44. The Morgan fingerprint density at radius 2 is 2.18 bits per heavy atom. The van der Waals surface area contributed by atoms with E-state index in [2.05, 4.69) is 16.5 Å². The Labute approximate surface area is 105 Å². The largest absolute Gasteiger partial charge is 0.330 e. The van der Waals surface area contributed by atoms with E-state index in [4.69, 9.17) is 5.73 Å². The van der Waals surface area contributed by atoms with Gasteiger partial charge < -0.3 is 10.6 Å². The predicted octanol–water partition coefficient (Wildman–Crippen LogP) is 0.129. The van der Waals surface area contributed by atoms with Gasteiger partial charge in [0.25, 0.3) is 0 Å². The van der Waals surface area contributed by atoms with Gasteiger partial charge >= 0.3 is 0 Å². The zero-order valence-electron chi connectivity index (χ0n) is 10.7. The molecule has 0 bridgehead atoms. The van der Waals surface area contributed by atoms with Gasteiger partial charge in [0.1, 0.15) is 0 Å². The van der Waals surface area contributed by atoms with Crippen LogP contribution in [0.3, 0.4) is 0 Å². The average molecular weight is 263 g/mol. The molecule has 1 atom stereocenters. The monoisotopic (exact) mass is 263 g/mol. The van der Waals surface area contributed by atoms with Crippen LogP contribution in [-0.4, -0.2) is 51.3 Å². The number of sulfonamides is 1. The number of rotatable bonds is 7. The number of nitrogens with one attached hydrogen (secondary N) is 1. The van der Waals surface area contributed by atoms with Crippen molar-refractivity contribution in [3.8, 4) is 0 Å². The van der Waals surface area contributed by atoms with Crippen LogP contribution in [0, 0.1) is 0 Å². The third-order valence-electron chi connectivity index (χ3n) is 3.17. The van der Waals surface area contributed by atoms with Gasteiger partial charge in [0, 0.05) is 12.6 Å². The fraction of sp³-hybridized carbons (Fsp3) is 1.00. The van der Waals surface area contributed by atoms with Crippen LogP contribution in [0.5, 0.6) is 0 Å². The normalized spacial score (nSPS) is 22.8. The van der Waals surface area contributed by atoms with Crippen LogP contribution in [0.15, 0.2) is 0 Å². The van der Waals surface area contributed by atoms with Gasteiger partial charge in [0.05, 0.1) is 5.75 Å². The predicted molar refractivity (Wildman–Crippen MR) is 70.3 cm³/mol. The molecule has 1 fully saturated rings. The van der Waals surface area contributed by atoms with Crippen molar-refractivity contribution in [1.82, 2.24) is 9.62 Å². The highest BCUT2D eigenvalue weighted by Crippen LogP contribution is 2.10. The van der Waals surface area contributed by atoms with Gasteiger partial charge in [-0.2, -0.15) is 0 Å². The fourth-order valence-electron chi connectivity index (χ4n) is 2.19. The van der Waals surface area contributed by atoms with E-state index in [9.17, 15) is 8.42 Å². The number of piperidine rings is 1. The average Bonchev–Trinajstić information content (AvgIpc) is 2.29. The molecule has 102 valence electrons. The molecule has 3 N–H and O–H groups in total. The molecule has 1 heterocycles. The zero-order valence-corrected chi connectivity index (χ0v) is 11.5. The molecule has 0 saturated carbocycles. The fourth-order valence-corrected chi connectivity index (χ4v) is 3.59. The standard InChI is InChI=1S/C11H25N3O2S/c1-2-14-8-5-6-11(10-14)13-17(15,16)9-4-3-7-12/h11,13H,2-10,12H2,1H3. The molecule has 0 aromatic carbocycles. The number of likely N-dealkylation sites (tertiary alicyclic amines) is 1. The number of likely N-dealkylation sites (N-methyl/N-ethyl adjacent to an activating group) is 1. The topological polar surface area (TPSA) is 75.4 Å². The third kappa shape index (κ3) is 5.81. The number of hydrogen-bond donors (Lipinski definition) is 2. The van der Waals surface area contributed by atoms with Crippen molar-refractivity contribution in [2.45, 2.75) is 38.6 Å². The molecule has 1 aliphatic rings. The van der Waals surface area contributed by atoms with Gasteiger partial charge in [-0.15, -0.1) is 0 Å². The van der Waals surface area contributed by atoms with Gasteiger partial charge in [0.2, 0.25) is 10.0 Å². The minimum Gasteiger partial charge on any atom is -0.330 e. The molecule has 5 nitrogen and oxygen atoms in total. The van der Waals surface area contributed by atoms with Crippen LogP contribution in [0.1, 0.15) is 32.6 Å². The first kappa shape index (κ1) is 14.9. The Balaban J connectivity index is 2.36. The van der Waals surface area contributed by atoms with E-state index in [0.717, 1.165) is 38.9 Å². The minimum absolute atomic E-state index is 0.0894. The van der Waals surface area contributed by atoms with Crippen LogP contribution >= 0.6 is 0 Å². The maximum Gasteiger partial charge on any atom is 0.211 e. The number of nitrogens with zero attached hydrogens (tertiary/aromatic N) is 1. The molecule has 0 amide bonds. The molecule has 1 saturated heterocycles. The number of hydrogen-bond acceptors (Lipinski definition) is 4. The molecule has 1 rings (SSSR count). The first-order chi connectivity index (χ1) is 8.07. The number of unbranched alkanes of at least 4 members (excludes halogenated alkanes) is 1. The lowest BCUT2D eigenvalue weighted by Crippen LogP contribution is -2.48. The van der Waals surface area contributed by atoms with Gasteiger partial charge in [-0.3, -0.25) is 0 Å². The molecular weight excluding hydrogens is 238 g/mol. The lowest BCUT2D eigenvalue weighted by molar-refractivity contribution is 0.211. The summed E-state index contributed by atoms with van der Waals surface area (Å²) in [6.45, 7) is 5.58. The summed E-state index contributed by atoms with van der Waals surface area (Å²) in [7, 11) is -3.12. The summed E-state index contributed by atoms with van der Waals surface area (Å²) >= 11 is 0.